The van der Waals surface area contributed by atoms with E-state index in [0.717, 1.165) is 71.9 Å². The van der Waals surface area contributed by atoms with Crippen molar-refractivity contribution in [3.63, 3.8) is 0 Å². The van der Waals surface area contributed by atoms with E-state index in [-0.39, 0.29) is 33.5 Å². The molecule has 0 spiro atoms. The Morgan fingerprint density at radius 2 is 0.660 bits per heavy atom. The molecule has 2 rings (SSSR count). The summed E-state index contributed by atoms with van der Waals surface area (Å²) in [5.41, 5.74) is 2.82. The van der Waals surface area contributed by atoms with Crippen LogP contribution < -0.4 is 10.6 Å². The summed E-state index contributed by atoms with van der Waals surface area (Å²) in [5, 5.41) is 28.6. The summed E-state index contributed by atoms with van der Waals surface area (Å²) >= 11 is 0. The van der Waals surface area contributed by atoms with Crippen molar-refractivity contribution >= 4 is 11.8 Å². The lowest BCUT2D eigenvalue weighted by Crippen LogP contribution is -2.41. The van der Waals surface area contributed by atoms with Gasteiger partial charge in [-0.05, 0) is 95.6 Å². The van der Waals surface area contributed by atoms with Gasteiger partial charge in [0.05, 0.1) is 10.8 Å². The lowest BCUT2D eigenvalue weighted by atomic mass is 9.74. The smallest absolute Gasteiger partial charge is 0.230 e. The maximum atomic E-state index is 13.4. The second-order valence-electron chi connectivity index (χ2n) is 19.7. The number of amides is 2. The maximum absolute atomic E-state index is 13.4. The van der Waals surface area contributed by atoms with Crippen LogP contribution in [-0.4, -0.2) is 35.1 Å². The molecule has 0 aliphatic heterocycles. The Kier molecular flexibility index (Phi) is 13.5. The quantitative estimate of drug-likeness (QED) is 0.157. The number of carbonyl (C=O) groups excluding carboxylic acids is 2. The highest BCUT2D eigenvalue weighted by Gasteiger charge is 2.36. The summed E-state index contributed by atoms with van der Waals surface area (Å²) in [5.74, 6) is 0.653. The predicted molar refractivity (Wildman–Crippen MR) is 211 cm³/mol. The molecule has 0 radical (unpaired) electrons. The van der Waals surface area contributed by atoms with Crippen LogP contribution >= 0.6 is 0 Å². The molecular weight excluding hydrogens is 620 g/mol. The van der Waals surface area contributed by atoms with E-state index < -0.39 is 10.8 Å². The number of rotatable bonds is 13. The molecule has 0 bridgehead atoms. The number of hydrogen-bond donors (Lipinski definition) is 4. The molecule has 282 valence electrons. The van der Waals surface area contributed by atoms with Gasteiger partial charge in [-0.3, -0.25) is 9.59 Å². The van der Waals surface area contributed by atoms with Crippen molar-refractivity contribution in [2.75, 3.05) is 13.1 Å². The van der Waals surface area contributed by atoms with Crippen molar-refractivity contribution in [2.24, 2.45) is 0 Å². The van der Waals surface area contributed by atoms with E-state index in [2.05, 4.69) is 93.7 Å². The minimum atomic E-state index is -0.737. The summed E-state index contributed by atoms with van der Waals surface area (Å²) < 4.78 is 0. The van der Waals surface area contributed by atoms with Gasteiger partial charge in [-0.25, -0.2) is 0 Å². The van der Waals surface area contributed by atoms with E-state index in [0.29, 0.717) is 24.6 Å². The largest absolute Gasteiger partial charge is 0.507 e. The van der Waals surface area contributed by atoms with E-state index in [9.17, 15) is 19.8 Å². The first-order chi connectivity index (χ1) is 22.5. The van der Waals surface area contributed by atoms with Crippen molar-refractivity contribution in [3.8, 4) is 11.5 Å². The number of unbranched alkanes of at least 4 members (excludes halogenated alkanes) is 5. The van der Waals surface area contributed by atoms with Crippen molar-refractivity contribution < 1.29 is 19.8 Å². The van der Waals surface area contributed by atoms with Gasteiger partial charge < -0.3 is 20.8 Å². The zero-order valence-electron chi connectivity index (χ0n) is 34.7. The van der Waals surface area contributed by atoms with Crippen molar-refractivity contribution in [1.29, 1.82) is 0 Å². The summed E-state index contributed by atoms with van der Waals surface area (Å²) in [7, 11) is 0. The van der Waals surface area contributed by atoms with E-state index >= 15 is 0 Å². The van der Waals surface area contributed by atoms with Crippen LogP contribution in [-0.2, 0) is 42.1 Å². The van der Waals surface area contributed by atoms with Gasteiger partial charge in [-0.15, -0.1) is 0 Å². The fourth-order valence-corrected chi connectivity index (χ4v) is 6.34. The van der Waals surface area contributed by atoms with Crippen LogP contribution in [0.5, 0.6) is 11.5 Å². The molecule has 6 nitrogen and oxygen atoms in total. The molecule has 0 heterocycles. The number of phenolic OH excluding ortho intramolecular Hbond substituents is 2. The average molecular weight is 693 g/mol. The topological polar surface area (TPSA) is 98.7 Å². The van der Waals surface area contributed by atoms with Crippen LogP contribution in [0.25, 0.3) is 0 Å². The van der Waals surface area contributed by atoms with Crippen molar-refractivity contribution in [1.82, 2.24) is 10.6 Å². The first-order valence-electron chi connectivity index (χ1n) is 18.9. The third-order valence-electron chi connectivity index (χ3n) is 10.2. The number of carbonyl (C=O) groups is 2. The second kappa shape index (κ2) is 15.7. The highest BCUT2D eigenvalue weighted by Crippen LogP contribution is 2.43. The van der Waals surface area contributed by atoms with Crippen LogP contribution in [0.3, 0.4) is 0 Å². The van der Waals surface area contributed by atoms with Crippen LogP contribution in [0.15, 0.2) is 24.3 Å². The summed E-state index contributed by atoms with van der Waals surface area (Å²) in [6, 6.07) is 8.03. The van der Waals surface area contributed by atoms with Crippen molar-refractivity contribution in [3.05, 3.63) is 57.6 Å². The van der Waals surface area contributed by atoms with Gasteiger partial charge in [0.15, 0.2) is 0 Å². The van der Waals surface area contributed by atoms with Crippen LogP contribution in [0.4, 0.5) is 0 Å². The number of nitrogens with one attached hydrogen (secondary N) is 2. The standard InChI is InChI=1S/C44H72N2O4/c1-39(2,3)31-25-29(26-32(35(31)47)40(4,5)6)43(13,14)37(49)45-23-21-19-17-18-20-22-24-46-38(50)44(15,16)30-27-33(41(7,8)9)36(48)34(28-30)42(10,11)12/h25-28,47-48H,17-24H2,1-16H3,(H,45,49)(H,46,50). The summed E-state index contributed by atoms with van der Waals surface area (Å²) in [6.07, 6.45) is 6.08. The first-order valence-corrected chi connectivity index (χ1v) is 18.9. The minimum Gasteiger partial charge on any atom is -0.507 e. The Bertz CT molecular complexity index is 1300. The third kappa shape index (κ3) is 10.7. The molecule has 4 N–H and O–H groups in total. The molecule has 50 heavy (non-hydrogen) atoms. The molecule has 0 aliphatic rings. The molecule has 0 aliphatic carbocycles. The van der Waals surface area contributed by atoms with E-state index in [1.165, 1.54) is 0 Å². The molecule has 0 saturated heterocycles. The molecule has 0 saturated carbocycles. The average Bonchev–Trinajstić information content (AvgIpc) is 2.95. The molecule has 0 atom stereocenters. The lowest BCUT2D eigenvalue weighted by molar-refractivity contribution is -0.126. The lowest BCUT2D eigenvalue weighted by Gasteiger charge is -2.32. The molecule has 2 aromatic carbocycles. The SMILES string of the molecule is CC(C)(C)c1cc(C(C)(C)C(=O)NCCCCCCCCNC(=O)C(C)(C)c2cc(C(C)(C)C)c(O)c(C(C)(C)C)c2)cc(C(C)(C)C)c1O. The molecule has 2 aromatic rings. The molecule has 2 amide bonds. The molecule has 0 fully saturated rings. The fraction of sp³-hybridized carbons (Fsp3) is 0.682. The Labute approximate surface area is 305 Å². The Hall–Kier alpha value is -3.02. The molecular formula is C44H72N2O4. The van der Waals surface area contributed by atoms with E-state index in [1.807, 2.05) is 52.0 Å². The Morgan fingerprint density at radius 3 is 0.880 bits per heavy atom. The number of aromatic hydroxyl groups is 2. The third-order valence-corrected chi connectivity index (χ3v) is 10.2. The number of hydrogen-bond acceptors (Lipinski definition) is 4. The van der Waals surface area contributed by atoms with Gasteiger partial charge in [-0.2, -0.15) is 0 Å². The van der Waals surface area contributed by atoms with Gasteiger partial charge in [0.2, 0.25) is 11.8 Å². The van der Waals surface area contributed by atoms with Crippen LogP contribution in [0.2, 0.25) is 0 Å². The van der Waals surface area contributed by atoms with Gasteiger partial charge >= 0.3 is 0 Å². The molecule has 0 aromatic heterocycles. The summed E-state index contributed by atoms with van der Waals surface area (Å²) in [6.45, 7) is 34.2. The highest BCUT2D eigenvalue weighted by atomic mass is 16.3. The second-order valence-corrected chi connectivity index (χ2v) is 19.7. The van der Waals surface area contributed by atoms with Crippen LogP contribution in [0, 0.1) is 0 Å². The normalized spacial score (nSPS) is 13.4. The van der Waals surface area contributed by atoms with E-state index in [1.54, 1.807) is 0 Å². The zero-order valence-corrected chi connectivity index (χ0v) is 34.7. The van der Waals surface area contributed by atoms with Gasteiger partial charge in [-0.1, -0.05) is 133 Å². The Morgan fingerprint density at radius 1 is 0.440 bits per heavy atom. The Balaban J connectivity index is 1.86. The van der Waals surface area contributed by atoms with Crippen LogP contribution in [0.1, 0.15) is 183 Å². The monoisotopic (exact) mass is 693 g/mol. The number of benzene rings is 2. The van der Waals surface area contributed by atoms with E-state index in [4.69, 9.17) is 0 Å². The first kappa shape index (κ1) is 43.1. The zero-order chi connectivity index (χ0) is 38.7. The fourth-order valence-electron chi connectivity index (χ4n) is 6.34. The summed E-state index contributed by atoms with van der Waals surface area (Å²) in [4.78, 5) is 26.8. The number of phenols is 2. The predicted octanol–water partition coefficient (Wildman–Crippen LogP) is 10.1. The minimum absolute atomic E-state index is 0.00172. The van der Waals surface area contributed by atoms with Gasteiger partial charge in [0.1, 0.15) is 11.5 Å². The molecule has 6 heteroatoms. The van der Waals surface area contributed by atoms with Crippen molar-refractivity contribution in [2.45, 2.75) is 182 Å². The van der Waals surface area contributed by atoms with Gasteiger partial charge in [0.25, 0.3) is 0 Å². The molecule has 0 unspecified atom stereocenters. The highest BCUT2D eigenvalue weighted by molar-refractivity contribution is 5.88. The maximum Gasteiger partial charge on any atom is 0.230 e. The van der Waals surface area contributed by atoms with Gasteiger partial charge in [0, 0.05) is 13.1 Å².